The smallest absolute Gasteiger partial charge is 0.173 e. The molecule has 0 saturated heterocycles. The molecule has 0 amide bonds. The zero-order valence-electron chi connectivity index (χ0n) is 20.3. The van der Waals surface area contributed by atoms with Crippen LogP contribution < -0.4 is 14.8 Å². The molecule has 0 fully saturated rings. The zero-order chi connectivity index (χ0) is 26.0. The van der Waals surface area contributed by atoms with Crippen molar-refractivity contribution in [2.24, 2.45) is 0 Å². The van der Waals surface area contributed by atoms with E-state index in [1.807, 2.05) is 30.3 Å². The second-order valence-electron chi connectivity index (χ2n) is 8.93. The molecule has 0 aliphatic carbocycles. The third kappa shape index (κ3) is 4.71. The number of carbonyl (C=O) groups excluding carboxylic acids is 1. The van der Waals surface area contributed by atoms with Crippen LogP contribution in [0.1, 0.15) is 41.8 Å². The fourth-order valence-corrected chi connectivity index (χ4v) is 4.90. The highest BCUT2D eigenvalue weighted by molar-refractivity contribution is 6.34. The quantitative estimate of drug-likeness (QED) is 0.358. The lowest BCUT2D eigenvalue weighted by Crippen LogP contribution is -2.41. The number of carbonyl (C=O) groups is 1. The minimum atomic E-state index is -0.893. The number of benzene rings is 3. The first kappa shape index (κ1) is 26.1. The Kier molecular flexibility index (Phi) is 7.64. The highest BCUT2D eigenvalue weighted by Crippen LogP contribution is 2.50. The molecular weight excluding hydrogens is 488 g/mol. The minimum Gasteiger partial charge on any atom is -0.488 e. The van der Waals surface area contributed by atoms with Crippen LogP contribution in [0.3, 0.4) is 0 Å². The van der Waals surface area contributed by atoms with Gasteiger partial charge in [-0.15, -0.1) is 0 Å². The molecule has 1 heterocycles. The number of nitrogens with one attached hydrogen (secondary N) is 1. The number of Topliss-reactive ketones (excluding diaryl/α,β-unsaturated/α-hetero) is 1. The lowest BCUT2D eigenvalue weighted by atomic mass is 9.84. The van der Waals surface area contributed by atoms with E-state index in [2.05, 4.69) is 5.32 Å². The van der Waals surface area contributed by atoms with E-state index in [4.69, 9.17) is 21.1 Å². The summed E-state index contributed by atoms with van der Waals surface area (Å²) >= 11 is 6.49. The molecule has 5 nitrogen and oxygen atoms in total. The number of hydrogen-bond donors (Lipinski definition) is 2. The van der Waals surface area contributed by atoms with Gasteiger partial charge in [-0.05, 0) is 31.7 Å². The Bertz CT molecular complexity index is 1280. The van der Waals surface area contributed by atoms with Crippen molar-refractivity contribution >= 4 is 17.4 Å². The molecule has 3 aromatic rings. The van der Waals surface area contributed by atoms with Crippen molar-refractivity contribution in [3.8, 4) is 22.6 Å². The van der Waals surface area contributed by atoms with Crippen LogP contribution in [-0.2, 0) is 12.0 Å². The second-order valence-corrected chi connectivity index (χ2v) is 9.31. The average Bonchev–Trinajstić information content (AvgIpc) is 3.23. The minimum absolute atomic E-state index is 0.0670. The summed E-state index contributed by atoms with van der Waals surface area (Å²) in [6.45, 7) is 3.41. The molecule has 2 atom stereocenters. The number of rotatable bonds is 9. The molecule has 1 aliphatic rings. The molecule has 0 aromatic heterocycles. The summed E-state index contributed by atoms with van der Waals surface area (Å²) in [6, 6.07) is 13.5. The Morgan fingerprint density at radius 3 is 2.58 bits per heavy atom. The summed E-state index contributed by atoms with van der Waals surface area (Å²) < 4.78 is 43.0. The Morgan fingerprint density at radius 2 is 1.94 bits per heavy atom. The maximum Gasteiger partial charge on any atom is 0.173 e. The van der Waals surface area contributed by atoms with Crippen LogP contribution in [0, 0.1) is 11.6 Å². The van der Waals surface area contributed by atoms with E-state index in [0.717, 1.165) is 5.56 Å². The Balaban J connectivity index is 1.96. The van der Waals surface area contributed by atoms with Crippen molar-refractivity contribution in [2.45, 2.75) is 38.4 Å². The molecule has 0 bridgehead atoms. The fourth-order valence-electron chi connectivity index (χ4n) is 4.64. The SMILES string of the molecule is CCC(=O)c1ccc(OC[C@H](C)O)c(F)c1-c1c(Cl)c(F)cc2c1C[C@@](CNC)(c1ccccc1)O2. The van der Waals surface area contributed by atoms with Gasteiger partial charge in [0.25, 0.3) is 0 Å². The van der Waals surface area contributed by atoms with Crippen molar-refractivity contribution in [3.05, 3.63) is 81.9 Å². The Hall–Kier alpha value is -3.00. The maximum absolute atomic E-state index is 16.0. The topological polar surface area (TPSA) is 67.8 Å². The van der Waals surface area contributed by atoms with Gasteiger partial charge in [0.2, 0.25) is 0 Å². The van der Waals surface area contributed by atoms with Gasteiger partial charge in [0.05, 0.1) is 11.1 Å². The van der Waals surface area contributed by atoms with Gasteiger partial charge in [-0.25, -0.2) is 8.78 Å². The number of aliphatic hydroxyl groups excluding tert-OH is 1. The maximum atomic E-state index is 16.0. The summed E-state index contributed by atoms with van der Waals surface area (Å²) in [7, 11) is 1.78. The van der Waals surface area contributed by atoms with E-state index in [1.54, 1.807) is 14.0 Å². The van der Waals surface area contributed by atoms with Crippen molar-refractivity contribution in [3.63, 3.8) is 0 Å². The van der Waals surface area contributed by atoms with Gasteiger partial charge in [0, 0.05) is 47.7 Å². The molecule has 8 heteroatoms. The van der Waals surface area contributed by atoms with Gasteiger partial charge in [0.1, 0.15) is 18.2 Å². The number of aliphatic hydroxyl groups is 1. The number of likely N-dealkylation sites (N-methyl/N-ethyl adjacent to an activating group) is 1. The fraction of sp³-hybridized carbons (Fsp3) is 0.321. The van der Waals surface area contributed by atoms with Crippen LogP contribution in [0.5, 0.6) is 11.5 Å². The zero-order valence-corrected chi connectivity index (χ0v) is 21.1. The van der Waals surface area contributed by atoms with E-state index in [-0.39, 0.29) is 58.4 Å². The molecule has 0 radical (unpaired) electrons. The molecule has 190 valence electrons. The number of fused-ring (bicyclic) bond motifs is 1. The largest absolute Gasteiger partial charge is 0.488 e. The Labute approximate surface area is 214 Å². The molecule has 1 aliphatic heterocycles. The normalized spacial score (nSPS) is 17.4. The van der Waals surface area contributed by atoms with Gasteiger partial charge in [-0.2, -0.15) is 0 Å². The van der Waals surface area contributed by atoms with Crippen LogP contribution in [0.4, 0.5) is 8.78 Å². The van der Waals surface area contributed by atoms with Crippen LogP contribution in [0.2, 0.25) is 5.02 Å². The second kappa shape index (κ2) is 10.5. The Morgan fingerprint density at radius 1 is 1.22 bits per heavy atom. The van der Waals surface area contributed by atoms with Crippen LogP contribution in [0.15, 0.2) is 48.5 Å². The number of ketones is 1. The predicted molar refractivity (Wildman–Crippen MR) is 135 cm³/mol. The third-order valence-corrected chi connectivity index (χ3v) is 6.64. The first-order valence-electron chi connectivity index (χ1n) is 11.8. The van der Waals surface area contributed by atoms with Crippen molar-refractivity contribution < 1.29 is 28.2 Å². The van der Waals surface area contributed by atoms with Gasteiger partial charge in [0.15, 0.2) is 23.0 Å². The molecule has 2 N–H and O–H groups in total. The van der Waals surface area contributed by atoms with Crippen LogP contribution in [0.25, 0.3) is 11.1 Å². The van der Waals surface area contributed by atoms with Gasteiger partial charge in [-0.3, -0.25) is 4.79 Å². The monoisotopic (exact) mass is 515 g/mol. The summed E-state index contributed by atoms with van der Waals surface area (Å²) in [6.07, 6.45) is -0.464. The third-order valence-electron chi connectivity index (χ3n) is 6.27. The molecule has 3 aromatic carbocycles. The van der Waals surface area contributed by atoms with E-state index < -0.39 is 23.3 Å². The number of hydrogen-bond acceptors (Lipinski definition) is 5. The lowest BCUT2D eigenvalue weighted by molar-refractivity contribution is 0.0940. The van der Waals surface area contributed by atoms with E-state index in [1.165, 1.54) is 25.1 Å². The number of ether oxygens (including phenoxy) is 2. The van der Waals surface area contributed by atoms with Crippen LogP contribution in [-0.4, -0.2) is 37.2 Å². The number of halogens is 3. The van der Waals surface area contributed by atoms with Gasteiger partial charge in [-0.1, -0.05) is 48.9 Å². The first-order chi connectivity index (χ1) is 17.2. The van der Waals surface area contributed by atoms with E-state index >= 15 is 8.78 Å². The molecule has 36 heavy (non-hydrogen) atoms. The van der Waals surface area contributed by atoms with Crippen molar-refractivity contribution in [1.82, 2.24) is 5.32 Å². The van der Waals surface area contributed by atoms with Crippen molar-refractivity contribution in [1.29, 1.82) is 0 Å². The predicted octanol–water partition coefficient (Wildman–Crippen LogP) is 5.69. The summed E-state index contributed by atoms with van der Waals surface area (Å²) in [4.78, 5) is 12.9. The summed E-state index contributed by atoms with van der Waals surface area (Å²) in [5.41, 5.74) is 0.463. The highest BCUT2D eigenvalue weighted by Gasteiger charge is 2.43. The molecule has 0 saturated carbocycles. The molecule has 0 spiro atoms. The standard InChI is InChI=1S/C28H28ClF2NO4/c1-4-21(34)18-10-11-22(35-14-16(2)33)27(31)25(18)24-19-13-28(15-32-3,17-8-6-5-7-9-17)36-23(19)12-20(30)26(24)29/h5-12,16,32-33H,4,13-15H2,1-3H3/t16-,28+/m0/s1. The summed E-state index contributed by atoms with van der Waals surface area (Å²) in [5, 5.41) is 12.4. The first-order valence-corrected chi connectivity index (χ1v) is 12.2. The highest BCUT2D eigenvalue weighted by atomic mass is 35.5. The van der Waals surface area contributed by atoms with Gasteiger partial charge >= 0.3 is 0 Å². The molecular formula is C28H28ClF2NO4. The molecule has 0 unspecified atom stereocenters. The summed E-state index contributed by atoms with van der Waals surface area (Å²) in [5.74, 6) is -1.91. The van der Waals surface area contributed by atoms with Crippen LogP contribution >= 0.6 is 11.6 Å². The molecule has 4 rings (SSSR count). The lowest BCUT2D eigenvalue weighted by Gasteiger charge is -2.29. The van der Waals surface area contributed by atoms with Crippen molar-refractivity contribution in [2.75, 3.05) is 20.2 Å². The van der Waals surface area contributed by atoms with E-state index in [9.17, 15) is 9.90 Å². The van der Waals surface area contributed by atoms with E-state index in [0.29, 0.717) is 12.1 Å². The van der Waals surface area contributed by atoms with Gasteiger partial charge < -0.3 is 19.9 Å². The average molecular weight is 516 g/mol.